The number of hydrogen-bond acceptors (Lipinski definition) is 3. The molecule has 0 spiro atoms. The van der Waals surface area contributed by atoms with Gasteiger partial charge in [-0.25, -0.2) is 0 Å². The second-order valence-corrected chi connectivity index (χ2v) is 4.18. The van der Waals surface area contributed by atoms with Gasteiger partial charge in [-0.1, -0.05) is 0 Å². The quantitative estimate of drug-likeness (QED) is 0.590. The molecule has 90 valence electrons. The van der Waals surface area contributed by atoms with Crippen LogP contribution in [0.15, 0.2) is 6.20 Å². The molecule has 16 heavy (non-hydrogen) atoms. The number of aryl methyl sites for hydroxylation is 2. The molecular weight excluding hydrogens is 228 g/mol. The number of esters is 1. The predicted molar refractivity (Wildman–Crippen MR) is 62.4 cm³/mol. The molecule has 1 aromatic rings. The zero-order valence-electron chi connectivity index (χ0n) is 9.86. The summed E-state index contributed by atoms with van der Waals surface area (Å²) in [6.07, 6.45) is 2.81. The summed E-state index contributed by atoms with van der Waals surface area (Å²) < 4.78 is 6.57. The van der Waals surface area contributed by atoms with Gasteiger partial charge in [-0.05, 0) is 20.3 Å². The number of aromatic nitrogens is 2. The molecule has 0 saturated carbocycles. The Morgan fingerprint density at radius 3 is 2.88 bits per heavy atom. The summed E-state index contributed by atoms with van der Waals surface area (Å²) in [5.74, 6) is -0.199. The molecule has 1 aromatic heterocycles. The van der Waals surface area contributed by atoms with E-state index < -0.39 is 0 Å². The van der Waals surface area contributed by atoms with Gasteiger partial charge in [0, 0.05) is 25.2 Å². The van der Waals surface area contributed by atoms with Crippen LogP contribution in [0, 0.1) is 6.92 Å². The SMILES string of the molecule is CCOC(=O)CCC(Cl)c1cn(C)nc1C. The molecule has 0 aliphatic carbocycles. The summed E-state index contributed by atoms with van der Waals surface area (Å²) in [6.45, 7) is 4.12. The zero-order chi connectivity index (χ0) is 12.1. The smallest absolute Gasteiger partial charge is 0.305 e. The summed E-state index contributed by atoms with van der Waals surface area (Å²) >= 11 is 6.21. The van der Waals surface area contributed by atoms with Crippen LogP contribution >= 0.6 is 11.6 Å². The Hall–Kier alpha value is -1.03. The summed E-state index contributed by atoms with van der Waals surface area (Å²) in [5.41, 5.74) is 1.89. The molecule has 0 saturated heterocycles. The molecule has 0 N–H and O–H groups in total. The van der Waals surface area contributed by atoms with Crippen molar-refractivity contribution in [1.29, 1.82) is 0 Å². The Labute approximate surface area is 101 Å². The van der Waals surface area contributed by atoms with Crippen LogP contribution in [0.4, 0.5) is 0 Å². The van der Waals surface area contributed by atoms with Crippen molar-refractivity contribution >= 4 is 17.6 Å². The van der Waals surface area contributed by atoms with E-state index >= 15 is 0 Å². The lowest BCUT2D eigenvalue weighted by Gasteiger charge is -2.07. The van der Waals surface area contributed by atoms with Crippen molar-refractivity contribution in [2.75, 3.05) is 6.61 Å². The predicted octanol–water partition coefficient (Wildman–Crippen LogP) is 2.35. The lowest BCUT2D eigenvalue weighted by atomic mass is 10.1. The van der Waals surface area contributed by atoms with Gasteiger partial charge in [-0.2, -0.15) is 5.10 Å². The van der Waals surface area contributed by atoms with Gasteiger partial charge in [0.15, 0.2) is 0 Å². The van der Waals surface area contributed by atoms with E-state index in [9.17, 15) is 4.79 Å². The maximum Gasteiger partial charge on any atom is 0.305 e. The molecule has 4 nitrogen and oxygen atoms in total. The number of alkyl halides is 1. The van der Waals surface area contributed by atoms with E-state index in [1.54, 1.807) is 11.6 Å². The molecule has 1 atom stereocenters. The van der Waals surface area contributed by atoms with Gasteiger partial charge in [-0.15, -0.1) is 11.6 Å². The number of nitrogens with zero attached hydrogens (tertiary/aromatic N) is 2. The summed E-state index contributed by atoms with van der Waals surface area (Å²) in [7, 11) is 1.85. The molecule has 0 aromatic carbocycles. The minimum atomic E-state index is -0.199. The van der Waals surface area contributed by atoms with Crippen molar-refractivity contribution in [3.8, 4) is 0 Å². The normalized spacial score (nSPS) is 12.5. The Balaban J connectivity index is 2.49. The fourth-order valence-corrected chi connectivity index (χ4v) is 1.88. The summed E-state index contributed by atoms with van der Waals surface area (Å²) in [4.78, 5) is 11.2. The van der Waals surface area contributed by atoms with Crippen LogP contribution in [0.1, 0.15) is 36.4 Å². The van der Waals surface area contributed by atoms with Crippen molar-refractivity contribution in [3.05, 3.63) is 17.5 Å². The van der Waals surface area contributed by atoms with Crippen molar-refractivity contribution in [1.82, 2.24) is 9.78 Å². The third-order valence-corrected chi connectivity index (χ3v) is 2.75. The molecule has 0 aliphatic rings. The van der Waals surface area contributed by atoms with Crippen LogP contribution in [0.25, 0.3) is 0 Å². The van der Waals surface area contributed by atoms with Gasteiger partial charge in [-0.3, -0.25) is 9.48 Å². The second-order valence-electron chi connectivity index (χ2n) is 3.65. The van der Waals surface area contributed by atoms with E-state index in [0.29, 0.717) is 19.4 Å². The first-order valence-electron chi connectivity index (χ1n) is 5.34. The van der Waals surface area contributed by atoms with Crippen molar-refractivity contribution in [2.45, 2.75) is 32.1 Å². The van der Waals surface area contributed by atoms with E-state index in [1.165, 1.54) is 0 Å². The Kier molecular flexibility index (Phi) is 4.80. The van der Waals surface area contributed by atoms with E-state index in [2.05, 4.69) is 5.10 Å². The monoisotopic (exact) mass is 244 g/mol. The largest absolute Gasteiger partial charge is 0.466 e. The molecule has 0 bridgehead atoms. The minimum absolute atomic E-state index is 0.182. The zero-order valence-corrected chi connectivity index (χ0v) is 10.6. The van der Waals surface area contributed by atoms with E-state index in [0.717, 1.165) is 11.3 Å². The molecule has 0 aliphatic heterocycles. The molecule has 0 radical (unpaired) electrons. The number of ether oxygens (including phenoxy) is 1. The number of carbonyl (C=O) groups is 1. The average Bonchev–Trinajstić information content (AvgIpc) is 2.55. The van der Waals surface area contributed by atoms with E-state index in [1.807, 2.05) is 20.2 Å². The van der Waals surface area contributed by atoms with Gasteiger partial charge in [0.25, 0.3) is 0 Å². The van der Waals surface area contributed by atoms with Crippen LogP contribution in [-0.4, -0.2) is 22.4 Å². The van der Waals surface area contributed by atoms with E-state index in [-0.39, 0.29) is 11.3 Å². The van der Waals surface area contributed by atoms with Gasteiger partial charge in [0.05, 0.1) is 17.7 Å². The molecule has 1 rings (SSSR count). The standard InChI is InChI=1S/C11H17ClN2O2/c1-4-16-11(15)6-5-10(12)9-7-14(3)13-8(9)2/h7,10H,4-6H2,1-3H3. The first kappa shape index (κ1) is 13.0. The number of halogens is 1. The topological polar surface area (TPSA) is 44.1 Å². The van der Waals surface area contributed by atoms with Crippen LogP contribution in [0.2, 0.25) is 0 Å². The van der Waals surface area contributed by atoms with Gasteiger partial charge < -0.3 is 4.74 Å². The fourth-order valence-electron chi connectivity index (χ4n) is 1.56. The number of carbonyl (C=O) groups excluding carboxylic acids is 1. The van der Waals surface area contributed by atoms with Gasteiger partial charge in [0.1, 0.15) is 0 Å². The van der Waals surface area contributed by atoms with Crippen LogP contribution in [0.3, 0.4) is 0 Å². The molecular formula is C11H17ClN2O2. The lowest BCUT2D eigenvalue weighted by molar-refractivity contribution is -0.143. The highest BCUT2D eigenvalue weighted by molar-refractivity contribution is 6.20. The van der Waals surface area contributed by atoms with Crippen molar-refractivity contribution in [2.24, 2.45) is 7.05 Å². The van der Waals surface area contributed by atoms with Gasteiger partial charge >= 0.3 is 5.97 Å². The first-order chi connectivity index (χ1) is 7.54. The molecule has 0 fully saturated rings. The minimum Gasteiger partial charge on any atom is -0.466 e. The second kappa shape index (κ2) is 5.89. The van der Waals surface area contributed by atoms with Crippen LogP contribution < -0.4 is 0 Å². The highest BCUT2D eigenvalue weighted by atomic mass is 35.5. The highest BCUT2D eigenvalue weighted by Crippen LogP contribution is 2.27. The molecule has 5 heteroatoms. The maximum absolute atomic E-state index is 11.2. The molecule has 1 heterocycles. The van der Waals surface area contributed by atoms with Crippen molar-refractivity contribution in [3.63, 3.8) is 0 Å². The number of rotatable bonds is 5. The molecule has 0 amide bonds. The summed E-state index contributed by atoms with van der Waals surface area (Å²) in [6, 6.07) is 0. The Morgan fingerprint density at radius 2 is 2.38 bits per heavy atom. The fraction of sp³-hybridized carbons (Fsp3) is 0.636. The van der Waals surface area contributed by atoms with Crippen LogP contribution in [0.5, 0.6) is 0 Å². The van der Waals surface area contributed by atoms with Gasteiger partial charge in [0.2, 0.25) is 0 Å². The third-order valence-electron chi connectivity index (χ3n) is 2.30. The Bertz CT molecular complexity index is 363. The highest BCUT2D eigenvalue weighted by Gasteiger charge is 2.15. The van der Waals surface area contributed by atoms with E-state index in [4.69, 9.17) is 16.3 Å². The van der Waals surface area contributed by atoms with Crippen LogP contribution in [-0.2, 0) is 16.6 Å². The Morgan fingerprint density at radius 1 is 1.69 bits per heavy atom. The third kappa shape index (κ3) is 3.52. The summed E-state index contributed by atoms with van der Waals surface area (Å²) in [5, 5.41) is 4.03. The maximum atomic E-state index is 11.2. The average molecular weight is 245 g/mol. The lowest BCUT2D eigenvalue weighted by Crippen LogP contribution is -2.05. The number of hydrogen-bond donors (Lipinski definition) is 0. The van der Waals surface area contributed by atoms with Crippen molar-refractivity contribution < 1.29 is 9.53 Å². The molecule has 1 unspecified atom stereocenters. The first-order valence-corrected chi connectivity index (χ1v) is 5.78.